The SMILES string of the molecule is NC(=O)C1N=C(c2ccc(Cl)cc2)c2ccccc2NC1=O. The lowest BCUT2D eigenvalue weighted by molar-refractivity contribution is -0.126. The zero-order valence-electron chi connectivity index (χ0n) is 11.4. The van der Waals surface area contributed by atoms with Crippen LogP contribution in [0.4, 0.5) is 5.69 Å². The van der Waals surface area contributed by atoms with Gasteiger partial charge in [-0.15, -0.1) is 0 Å². The number of fused-ring (bicyclic) bond motifs is 1. The van der Waals surface area contributed by atoms with Gasteiger partial charge in [0.1, 0.15) is 0 Å². The molecule has 6 heteroatoms. The zero-order chi connectivity index (χ0) is 15.7. The van der Waals surface area contributed by atoms with Crippen LogP contribution in [0.15, 0.2) is 53.5 Å². The number of aliphatic imine (C=N–C) groups is 1. The van der Waals surface area contributed by atoms with E-state index in [4.69, 9.17) is 17.3 Å². The summed E-state index contributed by atoms with van der Waals surface area (Å²) < 4.78 is 0. The van der Waals surface area contributed by atoms with Crippen molar-refractivity contribution in [1.29, 1.82) is 0 Å². The number of primary amides is 1. The molecular formula is C16H12ClN3O2. The summed E-state index contributed by atoms with van der Waals surface area (Å²) in [5, 5.41) is 3.27. The smallest absolute Gasteiger partial charge is 0.258 e. The average Bonchev–Trinajstić information content (AvgIpc) is 2.64. The second kappa shape index (κ2) is 5.61. The fourth-order valence-corrected chi connectivity index (χ4v) is 2.41. The molecule has 1 unspecified atom stereocenters. The predicted molar refractivity (Wildman–Crippen MR) is 85.1 cm³/mol. The minimum absolute atomic E-state index is 0.523. The van der Waals surface area contributed by atoms with Gasteiger partial charge >= 0.3 is 0 Å². The Morgan fingerprint density at radius 3 is 2.50 bits per heavy atom. The van der Waals surface area contributed by atoms with E-state index >= 15 is 0 Å². The van der Waals surface area contributed by atoms with Crippen molar-refractivity contribution in [2.24, 2.45) is 10.7 Å². The molecule has 2 aromatic rings. The Morgan fingerprint density at radius 2 is 1.82 bits per heavy atom. The first-order valence-electron chi connectivity index (χ1n) is 6.59. The third-order valence-corrected chi connectivity index (χ3v) is 3.59. The molecule has 2 aromatic carbocycles. The molecule has 0 aliphatic carbocycles. The molecule has 0 saturated carbocycles. The molecule has 2 amide bonds. The molecule has 0 spiro atoms. The van der Waals surface area contributed by atoms with Gasteiger partial charge in [0.25, 0.3) is 11.8 Å². The number of benzodiazepines with no additional fused rings is 1. The van der Waals surface area contributed by atoms with Crippen LogP contribution >= 0.6 is 11.6 Å². The van der Waals surface area contributed by atoms with Crippen LogP contribution in [0.2, 0.25) is 5.02 Å². The van der Waals surface area contributed by atoms with Crippen LogP contribution in [0.25, 0.3) is 0 Å². The normalized spacial score (nSPS) is 17.0. The number of hydrogen-bond donors (Lipinski definition) is 2. The van der Waals surface area contributed by atoms with Gasteiger partial charge in [-0.25, -0.2) is 0 Å². The number of amides is 2. The van der Waals surface area contributed by atoms with Crippen LogP contribution in [-0.4, -0.2) is 23.6 Å². The lowest BCUT2D eigenvalue weighted by atomic mass is 10.0. The molecular weight excluding hydrogens is 302 g/mol. The van der Waals surface area contributed by atoms with Crippen molar-refractivity contribution in [2.75, 3.05) is 5.32 Å². The molecule has 0 saturated heterocycles. The third kappa shape index (κ3) is 2.58. The van der Waals surface area contributed by atoms with Gasteiger partial charge in [0.15, 0.2) is 0 Å². The molecule has 1 aliphatic heterocycles. The van der Waals surface area contributed by atoms with Crippen LogP contribution in [-0.2, 0) is 9.59 Å². The lowest BCUT2D eigenvalue weighted by Crippen LogP contribution is -2.37. The van der Waals surface area contributed by atoms with Crippen LogP contribution in [0, 0.1) is 0 Å². The summed E-state index contributed by atoms with van der Waals surface area (Å²) in [4.78, 5) is 27.9. The standard InChI is InChI=1S/C16H12ClN3O2/c17-10-7-5-9(6-8-10)13-11-3-1-2-4-12(11)19-16(22)14(20-13)15(18)21/h1-8,14H,(H2,18,21)(H,19,22). The lowest BCUT2D eigenvalue weighted by Gasteiger charge is -2.09. The number of nitrogens with two attached hydrogens (primary N) is 1. The Hall–Kier alpha value is -2.66. The van der Waals surface area contributed by atoms with E-state index in [1.807, 2.05) is 12.1 Å². The van der Waals surface area contributed by atoms with E-state index in [1.54, 1.807) is 36.4 Å². The number of benzene rings is 2. The summed E-state index contributed by atoms with van der Waals surface area (Å²) in [5.74, 6) is -1.33. The summed E-state index contributed by atoms with van der Waals surface area (Å²) in [7, 11) is 0. The van der Waals surface area contributed by atoms with Gasteiger partial charge in [-0.3, -0.25) is 14.6 Å². The molecule has 5 nitrogen and oxygen atoms in total. The van der Waals surface area contributed by atoms with Gasteiger partial charge in [0.05, 0.1) is 11.4 Å². The van der Waals surface area contributed by atoms with Crippen molar-refractivity contribution in [3.63, 3.8) is 0 Å². The van der Waals surface area contributed by atoms with Crippen molar-refractivity contribution in [1.82, 2.24) is 0 Å². The highest BCUT2D eigenvalue weighted by molar-refractivity contribution is 6.31. The second-order valence-electron chi connectivity index (χ2n) is 4.82. The molecule has 1 aliphatic rings. The molecule has 0 fully saturated rings. The van der Waals surface area contributed by atoms with Crippen LogP contribution in [0.3, 0.4) is 0 Å². The average molecular weight is 314 g/mol. The molecule has 3 N–H and O–H groups in total. The summed E-state index contributed by atoms with van der Waals surface area (Å²) in [6.07, 6.45) is 0. The Morgan fingerprint density at radius 1 is 1.14 bits per heavy atom. The third-order valence-electron chi connectivity index (χ3n) is 3.33. The molecule has 0 aromatic heterocycles. The maximum atomic E-state index is 12.1. The van der Waals surface area contributed by atoms with Gasteiger partial charge in [0, 0.05) is 16.1 Å². The van der Waals surface area contributed by atoms with Crippen molar-refractivity contribution >= 4 is 34.8 Å². The maximum Gasteiger partial charge on any atom is 0.258 e. The zero-order valence-corrected chi connectivity index (χ0v) is 12.2. The van der Waals surface area contributed by atoms with Crippen LogP contribution < -0.4 is 11.1 Å². The van der Waals surface area contributed by atoms with Gasteiger partial charge in [-0.05, 0) is 18.2 Å². The second-order valence-corrected chi connectivity index (χ2v) is 5.26. The predicted octanol–water partition coefficient (Wildman–Crippen LogP) is 1.98. The number of rotatable bonds is 2. The fourth-order valence-electron chi connectivity index (χ4n) is 2.29. The number of nitrogens with one attached hydrogen (secondary N) is 1. The number of nitrogens with zero attached hydrogens (tertiary/aromatic N) is 1. The topological polar surface area (TPSA) is 84.6 Å². The number of carbonyl (C=O) groups is 2. The molecule has 110 valence electrons. The van der Waals surface area contributed by atoms with E-state index in [0.717, 1.165) is 11.1 Å². The van der Waals surface area contributed by atoms with Crippen LogP contribution in [0.5, 0.6) is 0 Å². The summed E-state index contributed by atoms with van der Waals surface area (Å²) in [5.41, 5.74) is 7.88. The van der Waals surface area contributed by atoms with Crippen molar-refractivity contribution in [2.45, 2.75) is 6.04 Å². The minimum atomic E-state index is -1.27. The number of anilines is 1. The summed E-state index contributed by atoms with van der Waals surface area (Å²) >= 11 is 5.90. The highest BCUT2D eigenvalue weighted by atomic mass is 35.5. The summed E-state index contributed by atoms with van der Waals surface area (Å²) in [6, 6.07) is 13.0. The molecule has 3 rings (SSSR count). The first-order chi connectivity index (χ1) is 10.6. The Balaban J connectivity index is 2.21. The van der Waals surface area contributed by atoms with E-state index in [2.05, 4.69) is 10.3 Å². The number of hydrogen-bond acceptors (Lipinski definition) is 3. The van der Waals surface area contributed by atoms with Crippen LogP contribution in [0.1, 0.15) is 11.1 Å². The molecule has 1 heterocycles. The first kappa shape index (κ1) is 14.3. The number of halogens is 1. The van der Waals surface area contributed by atoms with Crippen molar-refractivity contribution in [3.05, 3.63) is 64.7 Å². The highest BCUT2D eigenvalue weighted by Crippen LogP contribution is 2.24. The Bertz CT molecular complexity index is 784. The van der Waals surface area contributed by atoms with Crippen molar-refractivity contribution in [3.8, 4) is 0 Å². The fraction of sp³-hybridized carbons (Fsp3) is 0.0625. The number of para-hydroxylation sites is 1. The maximum absolute atomic E-state index is 12.1. The Labute approximate surface area is 131 Å². The first-order valence-corrected chi connectivity index (χ1v) is 6.97. The number of carbonyl (C=O) groups excluding carboxylic acids is 2. The van der Waals surface area contributed by atoms with E-state index in [9.17, 15) is 9.59 Å². The van der Waals surface area contributed by atoms with Gasteiger partial charge in [0.2, 0.25) is 6.04 Å². The quantitative estimate of drug-likeness (QED) is 0.831. The van der Waals surface area contributed by atoms with E-state index < -0.39 is 17.9 Å². The monoisotopic (exact) mass is 313 g/mol. The van der Waals surface area contributed by atoms with Gasteiger partial charge in [-0.2, -0.15) is 0 Å². The Kier molecular flexibility index (Phi) is 3.65. The molecule has 0 bridgehead atoms. The minimum Gasteiger partial charge on any atom is -0.367 e. The van der Waals surface area contributed by atoms with E-state index in [1.165, 1.54) is 0 Å². The van der Waals surface area contributed by atoms with Gasteiger partial charge in [-0.1, -0.05) is 41.9 Å². The van der Waals surface area contributed by atoms with Crippen molar-refractivity contribution < 1.29 is 9.59 Å². The van der Waals surface area contributed by atoms with E-state index in [-0.39, 0.29) is 0 Å². The molecule has 0 radical (unpaired) electrons. The molecule has 1 atom stereocenters. The van der Waals surface area contributed by atoms with Gasteiger partial charge < -0.3 is 11.1 Å². The largest absolute Gasteiger partial charge is 0.367 e. The summed E-state index contributed by atoms with van der Waals surface area (Å²) in [6.45, 7) is 0. The highest BCUT2D eigenvalue weighted by Gasteiger charge is 2.29. The molecule has 22 heavy (non-hydrogen) atoms. The van der Waals surface area contributed by atoms with E-state index in [0.29, 0.717) is 16.4 Å².